The van der Waals surface area contributed by atoms with E-state index in [2.05, 4.69) is 38.5 Å². The molecule has 1 aromatic rings. The number of rotatable bonds is 3. The first-order valence-corrected chi connectivity index (χ1v) is 6.57. The van der Waals surface area contributed by atoms with Gasteiger partial charge in [-0.15, -0.1) is 0 Å². The zero-order valence-electron chi connectivity index (χ0n) is 9.98. The Morgan fingerprint density at radius 1 is 1.47 bits per heavy atom. The Balaban J connectivity index is 2.24. The van der Waals surface area contributed by atoms with Gasteiger partial charge in [-0.1, -0.05) is 12.2 Å². The summed E-state index contributed by atoms with van der Waals surface area (Å²) in [5.41, 5.74) is 0.691. The maximum Gasteiger partial charge on any atom is 0.283 e. The lowest BCUT2D eigenvalue weighted by molar-refractivity contribution is 0.500. The lowest BCUT2D eigenvalue weighted by atomic mass is 10.2. The van der Waals surface area contributed by atoms with Gasteiger partial charge in [0.05, 0.1) is 17.9 Å². The topological polar surface area (TPSA) is 46.9 Å². The van der Waals surface area contributed by atoms with Gasteiger partial charge in [0.1, 0.15) is 4.47 Å². The predicted molar refractivity (Wildman–Crippen MR) is 72.4 cm³/mol. The number of nitrogens with one attached hydrogen (secondary N) is 1. The van der Waals surface area contributed by atoms with E-state index >= 15 is 0 Å². The van der Waals surface area contributed by atoms with Crippen molar-refractivity contribution in [1.82, 2.24) is 9.78 Å². The van der Waals surface area contributed by atoms with Crippen molar-refractivity contribution in [3.05, 3.63) is 33.2 Å². The Labute approximate surface area is 109 Å². The largest absolute Gasteiger partial charge is 0.379 e. The normalized spacial score (nSPS) is 15.8. The first kappa shape index (κ1) is 12.4. The molecule has 1 heterocycles. The van der Waals surface area contributed by atoms with E-state index in [-0.39, 0.29) is 11.6 Å². The summed E-state index contributed by atoms with van der Waals surface area (Å²) in [6.45, 7) is 3.88. The van der Waals surface area contributed by atoms with Crippen molar-refractivity contribution in [2.45, 2.75) is 38.8 Å². The molecule has 0 atom stereocenters. The van der Waals surface area contributed by atoms with Gasteiger partial charge in [0.15, 0.2) is 0 Å². The van der Waals surface area contributed by atoms with Crippen LogP contribution in [-0.4, -0.2) is 15.8 Å². The second-order valence-corrected chi connectivity index (χ2v) is 5.29. The van der Waals surface area contributed by atoms with Gasteiger partial charge in [-0.05, 0) is 42.6 Å². The fourth-order valence-electron chi connectivity index (χ4n) is 1.87. The molecule has 1 aliphatic rings. The van der Waals surface area contributed by atoms with Gasteiger partial charge in [-0.2, -0.15) is 5.10 Å². The number of hydrogen-bond donors (Lipinski definition) is 1. The van der Waals surface area contributed by atoms with Crippen LogP contribution in [0.3, 0.4) is 0 Å². The van der Waals surface area contributed by atoms with Crippen molar-refractivity contribution in [1.29, 1.82) is 0 Å². The summed E-state index contributed by atoms with van der Waals surface area (Å²) in [5, 5.41) is 7.50. The average Bonchev–Trinajstić information content (AvgIpc) is 2.77. The van der Waals surface area contributed by atoms with Crippen LogP contribution >= 0.6 is 15.9 Å². The third-order valence-corrected chi connectivity index (χ3v) is 3.57. The average molecular weight is 298 g/mol. The lowest BCUT2D eigenvalue weighted by Crippen LogP contribution is -2.27. The predicted octanol–water partition coefficient (Wildman–Crippen LogP) is 2.72. The second-order valence-electron chi connectivity index (χ2n) is 4.50. The number of halogens is 1. The summed E-state index contributed by atoms with van der Waals surface area (Å²) in [5.74, 6) is 0. The molecule has 4 nitrogen and oxygen atoms in total. The summed E-state index contributed by atoms with van der Waals surface area (Å²) in [6, 6.07) is 0.448. The molecule has 0 saturated heterocycles. The van der Waals surface area contributed by atoms with Gasteiger partial charge in [0, 0.05) is 6.04 Å². The van der Waals surface area contributed by atoms with Crippen LogP contribution in [0.5, 0.6) is 0 Å². The summed E-state index contributed by atoms with van der Waals surface area (Å²) >= 11 is 3.35. The van der Waals surface area contributed by atoms with E-state index in [0.29, 0.717) is 10.5 Å². The first-order chi connectivity index (χ1) is 8.09. The van der Waals surface area contributed by atoms with E-state index in [4.69, 9.17) is 0 Å². The summed E-state index contributed by atoms with van der Waals surface area (Å²) in [7, 11) is 0. The number of aromatic nitrogens is 2. The fraction of sp³-hybridized carbons (Fsp3) is 0.500. The van der Waals surface area contributed by atoms with Crippen molar-refractivity contribution in [2.75, 3.05) is 5.32 Å². The molecule has 1 aromatic heterocycles. The van der Waals surface area contributed by atoms with Gasteiger partial charge in [-0.3, -0.25) is 4.79 Å². The van der Waals surface area contributed by atoms with Crippen LogP contribution in [0, 0.1) is 0 Å². The number of hydrogen-bond acceptors (Lipinski definition) is 3. The summed E-state index contributed by atoms with van der Waals surface area (Å²) < 4.78 is 2.04. The Bertz CT molecular complexity index is 485. The molecule has 2 rings (SSSR count). The number of nitrogens with zero attached hydrogens (tertiary/aromatic N) is 2. The standard InChI is InChI=1S/C12H16BrN3O/c1-8(2)16-12(17)11(13)10(7-14-16)15-9-5-3-4-6-9/h3-4,7-9,15H,5-6H2,1-2H3. The third-order valence-electron chi connectivity index (χ3n) is 2.80. The van der Waals surface area contributed by atoms with Gasteiger partial charge < -0.3 is 5.32 Å². The van der Waals surface area contributed by atoms with Crippen LogP contribution in [0.25, 0.3) is 0 Å². The molecule has 0 spiro atoms. The molecule has 0 saturated carbocycles. The minimum atomic E-state index is -0.0871. The van der Waals surface area contributed by atoms with Crippen LogP contribution in [-0.2, 0) is 0 Å². The quantitative estimate of drug-likeness (QED) is 0.873. The Morgan fingerprint density at radius 3 is 2.71 bits per heavy atom. The first-order valence-electron chi connectivity index (χ1n) is 5.78. The minimum Gasteiger partial charge on any atom is -0.379 e. The Morgan fingerprint density at radius 2 is 2.12 bits per heavy atom. The van der Waals surface area contributed by atoms with Crippen LogP contribution in [0.2, 0.25) is 0 Å². The highest BCUT2D eigenvalue weighted by atomic mass is 79.9. The van der Waals surface area contributed by atoms with Crippen LogP contribution in [0.1, 0.15) is 32.7 Å². The zero-order valence-corrected chi connectivity index (χ0v) is 11.6. The highest BCUT2D eigenvalue weighted by molar-refractivity contribution is 9.10. The summed E-state index contributed by atoms with van der Waals surface area (Å²) in [6.07, 6.45) is 8.01. The Kier molecular flexibility index (Phi) is 3.66. The van der Waals surface area contributed by atoms with Crippen molar-refractivity contribution >= 4 is 21.6 Å². The van der Waals surface area contributed by atoms with E-state index < -0.39 is 0 Å². The second kappa shape index (κ2) is 5.04. The SMILES string of the molecule is CC(C)n1ncc(NC2CC=CC2)c(Br)c1=O. The highest BCUT2D eigenvalue weighted by Crippen LogP contribution is 2.21. The van der Waals surface area contributed by atoms with Crippen LogP contribution in [0.4, 0.5) is 5.69 Å². The maximum absolute atomic E-state index is 12.0. The zero-order chi connectivity index (χ0) is 12.4. The summed E-state index contributed by atoms with van der Waals surface area (Å²) in [4.78, 5) is 12.0. The molecule has 0 radical (unpaired) electrons. The van der Waals surface area contributed by atoms with E-state index in [1.807, 2.05) is 13.8 Å². The number of anilines is 1. The van der Waals surface area contributed by atoms with Gasteiger partial charge in [0.25, 0.3) is 5.56 Å². The van der Waals surface area contributed by atoms with E-state index in [1.165, 1.54) is 4.68 Å². The highest BCUT2D eigenvalue weighted by Gasteiger charge is 2.15. The van der Waals surface area contributed by atoms with E-state index in [0.717, 1.165) is 18.5 Å². The minimum absolute atomic E-state index is 0.0704. The van der Waals surface area contributed by atoms with Crippen molar-refractivity contribution in [3.8, 4) is 0 Å². The molecule has 17 heavy (non-hydrogen) atoms. The molecule has 0 unspecified atom stereocenters. The van der Waals surface area contributed by atoms with Gasteiger partial charge in [-0.25, -0.2) is 4.68 Å². The van der Waals surface area contributed by atoms with Crippen LogP contribution in [0.15, 0.2) is 27.6 Å². The van der Waals surface area contributed by atoms with Crippen molar-refractivity contribution in [3.63, 3.8) is 0 Å². The van der Waals surface area contributed by atoms with Crippen molar-refractivity contribution < 1.29 is 0 Å². The van der Waals surface area contributed by atoms with Crippen LogP contribution < -0.4 is 10.9 Å². The Hall–Kier alpha value is -1.10. The third kappa shape index (κ3) is 2.60. The molecule has 1 N–H and O–H groups in total. The molecule has 1 aliphatic carbocycles. The molecule has 0 amide bonds. The fourth-order valence-corrected chi connectivity index (χ4v) is 2.27. The smallest absolute Gasteiger partial charge is 0.283 e. The molecule has 0 bridgehead atoms. The van der Waals surface area contributed by atoms with E-state index in [1.54, 1.807) is 6.20 Å². The van der Waals surface area contributed by atoms with Crippen molar-refractivity contribution in [2.24, 2.45) is 0 Å². The lowest BCUT2D eigenvalue weighted by Gasteiger charge is -2.16. The monoisotopic (exact) mass is 297 g/mol. The molecule has 0 aliphatic heterocycles. The molecular weight excluding hydrogens is 282 g/mol. The molecular formula is C12H16BrN3O. The molecule has 92 valence electrons. The van der Waals surface area contributed by atoms with E-state index in [9.17, 15) is 4.79 Å². The van der Waals surface area contributed by atoms with Gasteiger partial charge in [0.2, 0.25) is 0 Å². The van der Waals surface area contributed by atoms with Gasteiger partial charge >= 0.3 is 0 Å². The molecule has 5 heteroatoms. The maximum atomic E-state index is 12.0. The molecule has 0 aromatic carbocycles. The molecule has 0 fully saturated rings.